The van der Waals surface area contributed by atoms with Crippen molar-refractivity contribution in [2.24, 2.45) is 0 Å². The molecular formula is C40H77NO13. The smallest absolute Gasteiger partial charge is 0.220 e. The number of hydrogen-bond donors (Lipinski definition) is 9. The molecule has 0 aliphatic carbocycles. The number of ether oxygens (including phenoxy) is 4. The van der Waals surface area contributed by atoms with Crippen molar-refractivity contribution in [3.63, 3.8) is 0 Å². The van der Waals surface area contributed by atoms with E-state index in [1.165, 1.54) is 77.0 Å². The van der Waals surface area contributed by atoms with E-state index in [0.717, 1.165) is 51.4 Å². The van der Waals surface area contributed by atoms with Gasteiger partial charge in [-0.25, -0.2) is 0 Å². The van der Waals surface area contributed by atoms with Crippen LogP contribution in [0.5, 0.6) is 0 Å². The lowest BCUT2D eigenvalue weighted by Gasteiger charge is -2.46. The van der Waals surface area contributed by atoms with Gasteiger partial charge in [0.25, 0.3) is 0 Å². The summed E-state index contributed by atoms with van der Waals surface area (Å²) in [5.74, 6) is -0.215. The molecule has 2 aliphatic rings. The van der Waals surface area contributed by atoms with Crippen LogP contribution in [-0.2, 0) is 23.7 Å². The maximum Gasteiger partial charge on any atom is 0.220 e. The number of unbranched alkanes of at least 4 members (excludes halogenated alkanes) is 18. The van der Waals surface area contributed by atoms with Gasteiger partial charge in [0.05, 0.1) is 32.0 Å². The Hall–Kier alpha value is -1.01. The van der Waals surface area contributed by atoms with E-state index in [4.69, 9.17) is 18.9 Å². The molecular weight excluding hydrogens is 702 g/mol. The fraction of sp³-hybridized carbons (Fsp3) is 0.975. The van der Waals surface area contributed by atoms with Crippen LogP contribution in [0.2, 0.25) is 0 Å². The highest BCUT2D eigenvalue weighted by molar-refractivity contribution is 5.76. The summed E-state index contributed by atoms with van der Waals surface area (Å²) in [6, 6.07) is -0.816. The minimum atomic E-state index is -1.78. The van der Waals surface area contributed by atoms with Gasteiger partial charge >= 0.3 is 0 Å². The predicted molar refractivity (Wildman–Crippen MR) is 203 cm³/mol. The monoisotopic (exact) mass is 780 g/mol. The number of nitrogens with one attached hydrogen (secondary N) is 1. The van der Waals surface area contributed by atoms with E-state index < -0.39 is 86.8 Å². The molecule has 0 aromatic carbocycles. The highest BCUT2D eigenvalue weighted by atomic mass is 16.7. The van der Waals surface area contributed by atoms with Crippen molar-refractivity contribution in [3.05, 3.63) is 0 Å². The lowest BCUT2D eigenvalue weighted by Crippen LogP contribution is -2.65. The van der Waals surface area contributed by atoms with Crippen LogP contribution >= 0.6 is 0 Å². The van der Waals surface area contributed by atoms with Crippen molar-refractivity contribution < 1.29 is 64.6 Å². The molecule has 2 heterocycles. The fourth-order valence-electron chi connectivity index (χ4n) is 7.23. The maximum absolute atomic E-state index is 13.0. The van der Waals surface area contributed by atoms with Crippen molar-refractivity contribution in [2.45, 2.75) is 229 Å². The molecule has 320 valence electrons. The first-order valence-corrected chi connectivity index (χ1v) is 21.3. The van der Waals surface area contributed by atoms with Crippen LogP contribution in [0, 0.1) is 0 Å². The van der Waals surface area contributed by atoms with Gasteiger partial charge in [-0.3, -0.25) is 4.79 Å². The Morgan fingerprint density at radius 2 is 1.06 bits per heavy atom. The molecule has 0 spiro atoms. The van der Waals surface area contributed by atoms with Gasteiger partial charge in [-0.15, -0.1) is 0 Å². The second kappa shape index (κ2) is 29.2. The Morgan fingerprint density at radius 1 is 0.593 bits per heavy atom. The number of hydrogen-bond acceptors (Lipinski definition) is 13. The number of aliphatic hydroxyl groups excluding tert-OH is 8. The summed E-state index contributed by atoms with van der Waals surface area (Å²) < 4.78 is 22.5. The molecule has 1 amide bonds. The third kappa shape index (κ3) is 18.1. The van der Waals surface area contributed by atoms with Gasteiger partial charge in [0.1, 0.15) is 48.8 Å². The zero-order valence-electron chi connectivity index (χ0n) is 33.2. The van der Waals surface area contributed by atoms with Gasteiger partial charge in [-0.2, -0.15) is 0 Å². The molecule has 2 rings (SSSR count). The van der Waals surface area contributed by atoms with Crippen molar-refractivity contribution in [2.75, 3.05) is 19.8 Å². The lowest BCUT2D eigenvalue weighted by molar-refractivity contribution is -0.359. The largest absolute Gasteiger partial charge is 0.394 e. The van der Waals surface area contributed by atoms with Crippen molar-refractivity contribution in [1.82, 2.24) is 5.32 Å². The summed E-state index contributed by atoms with van der Waals surface area (Å²) in [5.41, 5.74) is 0. The molecule has 2 saturated heterocycles. The second-order valence-corrected chi connectivity index (χ2v) is 15.5. The van der Waals surface area contributed by atoms with E-state index in [1.807, 2.05) is 0 Å². The number of carbonyl (C=O) groups is 1. The van der Waals surface area contributed by atoms with Crippen LogP contribution in [0.25, 0.3) is 0 Å². The number of carbonyl (C=O) groups excluding carboxylic acids is 1. The highest BCUT2D eigenvalue weighted by Crippen LogP contribution is 2.30. The molecule has 12 unspecified atom stereocenters. The van der Waals surface area contributed by atoms with E-state index in [-0.39, 0.29) is 12.5 Å². The van der Waals surface area contributed by atoms with Crippen LogP contribution in [0.3, 0.4) is 0 Å². The molecule has 0 bridgehead atoms. The molecule has 14 heteroatoms. The molecule has 0 radical (unpaired) electrons. The van der Waals surface area contributed by atoms with E-state index in [0.29, 0.717) is 12.8 Å². The summed E-state index contributed by atoms with van der Waals surface area (Å²) in [7, 11) is 0. The summed E-state index contributed by atoms with van der Waals surface area (Å²) in [6.07, 6.45) is 7.67. The van der Waals surface area contributed by atoms with Gasteiger partial charge in [0, 0.05) is 6.42 Å². The third-order valence-electron chi connectivity index (χ3n) is 10.8. The van der Waals surface area contributed by atoms with Gasteiger partial charge in [-0.1, -0.05) is 136 Å². The fourth-order valence-corrected chi connectivity index (χ4v) is 7.23. The van der Waals surface area contributed by atoms with Gasteiger partial charge in [0.15, 0.2) is 12.6 Å². The van der Waals surface area contributed by atoms with Gasteiger partial charge in [-0.05, 0) is 12.8 Å². The standard InChI is InChI=1S/C40H77NO13/c1-3-5-7-9-10-11-12-13-14-15-16-17-18-19-20-22-24-32(45)41-28(29(44)23-21-8-6-4-2)27-51-39-37(50)35(48)38(31(26-43)53-39)54-40-36(49)34(47)33(46)30(25-42)52-40/h28-31,33-40,42-44,46-50H,3-27H2,1-2H3,(H,41,45). The van der Waals surface area contributed by atoms with Crippen LogP contribution < -0.4 is 5.32 Å². The summed E-state index contributed by atoms with van der Waals surface area (Å²) in [5, 5.41) is 85.9. The molecule has 0 saturated carbocycles. The van der Waals surface area contributed by atoms with Gasteiger partial charge in [0.2, 0.25) is 5.91 Å². The molecule has 2 fully saturated rings. The van der Waals surface area contributed by atoms with Crippen molar-refractivity contribution in [3.8, 4) is 0 Å². The van der Waals surface area contributed by atoms with Crippen LogP contribution in [0.15, 0.2) is 0 Å². The summed E-state index contributed by atoms with van der Waals surface area (Å²) >= 11 is 0. The quantitative estimate of drug-likeness (QED) is 0.0462. The summed E-state index contributed by atoms with van der Waals surface area (Å²) in [6.45, 7) is 2.70. The molecule has 12 atom stereocenters. The molecule has 14 nitrogen and oxygen atoms in total. The predicted octanol–water partition coefficient (Wildman–Crippen LogP) is 3.09. The van der Waals surface area contributed by atoms with E-state index in [1.54, 1.807) is 0 Å². The maximum atomic E-state index is 13.0. The second-order valence-electron chi connectivity index (χ2n) is 15.5. The molecule has 2 aliphatic heterocycles. The lowest BCUT2D eigenvalue weighted by atomic mass is 9.97. The van der Waals surface area contributed by atoms with Crippen molar-refractivity contribution >= 4 is 5.91 Å². The number of aliphatic hydroxyl groups is 8. The zero-order chi connectivity index (χ0) is 39.7. The van der Waals surface area contributed by atoms with Crippen LogP contribution in [-0.4, -0.2) is 140 Å². The average molecular weight is 780 g/mol. The van der Waals surface area contributed by atoms with E-state index >= 15 is 0 Å². The minimum Gasteiger partial charge on any atom is -0.394 e. The van der Waals surface area contributed by atoms with Gasteiger partial charge < -0.3 is 65.1 Å². The molecule has 0 aromatic rings. The Labute approximate surface area is 323 Å². The average Bonchev–Trinajstić information content (AvgIpc) is 3.17. The van der Waals surface area contributed by atoms with E-state index in [2.05, 4.69) is 19.2 Å². The highest BCUT2D eigenvalue weighted by Gasteiger charge is 2.50. The Balaban J connectivity index is 1.79. The number of rotatable bonds is 31. The van der Waals surface area contributed by atoms with Crippen LogP contribution in [0.1, 0.15) is 155 Å². The normalized spacial score (nSPS) is 30.0. The molecule has 0 aromatic heterocycles. The molecule has 9 N–H and O–H groups in total. The zero-order valence-corrected chi connectivity index (χ0v) is 33.2. The Kier molecular flexibility index (Phi) is 26.6. The first kappa shape index (κ1) is 49.1. The Morgan fingerprint density at radius 3 is 1.57 bits per heavy atom. The Bertz CT molecular complexity index is 930. The molecule has 54 heavy (non-hydrogen) atoms. The first-order valence-electron chi connectivity index (χ1n) is 21.3. The number of amides is 1. The van der Waals surface area contributed by atoms with Crippen molar-refractivity contribution in [1.29, 1.82) is 0 Å². The topological polar surface area (TPSA) is 228 Å². The van der Waals surface area contributed by atoms with E-state index in [9.17, 15) is 45.6 Å². The SMILES string of the molecule is CCCCCCCCCCCCCCCCCCC(=O)NC(COC1OC(CO)C(OC2OC(CO)C(O)C(O)C2O)C(O)C1O)C(O)CCCCCC. The van der Waals surface area contributed by atoms with Crippen LogP contribution in [0.4, 0.5) is 0 Å². The minimum absolute atomic E-state index is 0.215. The first-order chi connectivity index (χ1) is 26.1. The summed E-state index contributed by atoms with van der Waals surface area (Å²) in [4.78, 5) is 13.0. The third-order valence-corrected chi connectivity index (χ3v) is 10.8.